The number of aliphatic hydroxyl groups is 1. The van der Waals surface area contributed by atoms with Crippen molar-refractivity contribution < 1.29 is 38.9 Å². The van der Waals surface area contributed by atoms with E-state index in [1.165, 1.54) is 0 Å². The smallest absolute Gasteiger partial charge is 0.336 e. The van der Waals surface area contributed by atoms with Gasteiger partial charge in [0, 0.05) is 0 Å². The number of likely N-dealkylation sites (N-methyl/N-ethyl adjacent to an activating group) is 1. The third-order valence-corrected chi connectivity index (χ3v) is 2.30. The Morgan fingerprint density at radius 3 is 1.95 bits per heavy atom. The minimum Gasteiger partial charge on any atom is -0.481 e. The first kappa shape index (κ1) is 20.9. The molecule has 1 atom stereocenters. The van der Waals surface area contributed by atoms with Gasteiger partial charge < -0.3 is 24.5 Å². The number of nitrogens with zero attached hydrogens (tertiary/aromatic N) is 1. The van der Waals surface area contributed by atoms with Gasteiger partial charge in [0.25, 0.3) is 0 Å². The summed E-state index contributed by atoms with van der Waals surface area (Å²) in [5.74, 6) is -4.22. The lowest BCUT2D eigenvalue weighted by molar-refractivity contribution is -0.870. The third kappa shape index (κ3) is 8.68. The lowest BCUT2D eigenvalue weighted by Gasteiger charge is -2.24. The first-order valence-electron chi connectivity index (χ1n) is 5.60. The van der Waals surface area contributed by atoms with E-state index >= 15 is 0 Å². The number of rotatable bonds is 8. The summed E-state index contributed by atoms with van der Waals surface area (Å²) in [5, 5.41) is 26.9. The van der Waals surface area contributed by atoms with Crippen molar-refractivity contribution in [2.45, 2.75) is 18.4 Å². The summed E-state index contributed by atoms with van der Waals surface area (Å²) in [5.41, 5.74) is -2.64. The number of ether oxygens (including phenoxy) is 1. The molecule has 9 heteroatoms. The molecule has 0 spiro atoms. The van der Waals surface area contributed by atoms with Crippen LogP contribution >= 0.6 is 12.4 Å². The number of quaternary nitrogens is 1. The summed E-state index contributed by atoms with van der Waals surface area (Å²) in [6, 6.07) is 0. The van der Waals surface area contributed by atoms with Gasteiger partial charge in [-0.1, -0.05) is 0 Å². The molecule has 0 fully saturated rings. The van der Waals surface area contributed by atoms with E-state index in [9.17, 15) is 19.5 Å². The van der Waals surface area contributed by atoms with Crippen molar-refractivity contribution in [3.8, 4) is 0 Å². The molecule has 3 N–H and O–H groups in total. The van der Waals surface area contributed by atoms with Crippen LogP contribution in [0.2, 0.25) is 0 Å². The quantitative estimate of drug-likeness (QED) is 0.401. The Labute approximate surface area is 122 Å². The number of carboxylic acids is 2. The number of halogens is 1. The van der Waals surface area contributed by atoms with Crippen molar-refractivity contribution in [3.05, 3.63) is 0 Å². The highest BCUT2D eigenvalue weighted by atomic mass is 35.5. The molecule has 0 aliphatic carbocycles. The second kappa shape index (κ2) is 8.03. The Morgan fingerprint density at radius 1 is 1.10 bits per heavy atom. The molecule has 0 aliphatic heterocycles. The molecule has 0 radical (unpaired) electrons. The van der Waals surface area contributed by atoms with E-state index in [0.29, 0.717) is 11.0 Å². The average molecular weight is 315 g/mol. The van der Waals surface area contributed by atoms with E-state index in [4.69, 9.17) is 14.9 Å². The molecular formula is C11H21ClNO7+. The van der Waals surface area contributed by atoms with E-state index < -0.39 is 36.4 Å². The Hall–Kier alpha value is -1.38. The summed E-state index contributed by atoms with van der Waals surface area (Å²) in [7, 11) is 5.64. The van der Waals surface area contributed by atoms with Crippen LogP contribution in [-0.4, -0.2) is 77.6 Å². The summed E-state index contributed by atoms with van der Waals surface area (Å²) >= 11 is 0. The topological polar surface area (TPSA) is 121 Å². The van der Waals surface area contributed by atoms with Crippen molar-refractivity contribution in [2.24, 2.45) is 0 Å². The molecule has 0 bridgehead atoms. The molecule has 0 saturated heterocycles. The van der Waals surface area contributed by atoms with Crippen LogP contribution in [0.1, 0.15) is 12.8 Å². The van der Waals surface area contributed by atoms with E-state index in [2.05, 4.69) is 0 Å². The van der Waals surface area contributed by atoms with Crippen LogP contribution in [-0.2, 0) is 19.1 Å². The number of carbonyl (C=O) groups is 3. The Kier molecular flexibility index (Phi) is 8.40. The zero-order valence-corrected chi connectivity index (χ0v) is 12.5. The number of aliphatic carboxylic acids is 2. The molecular weight excluding hydrogens is 294 g/mol. The van der Waals surface area contributed by atoms with Crippen molar-refractivity contribution in [1.29, 1.82) is 0 Å². The lowest BCUT2D eigenvalue weighted by atomic mass is 9.96. The van der Waals surface area contributed by atoms with Crippen LogP contribution in [0.25, 0.3) is 0 Å². The molecule has 0 rings (SSSR count). The van der Waals surface area contributed by atoms with E-state index in [0.717, 1.165) is 0 Å². The molecule has 20 heavy (non-hydrogen) atoms. The van der Waals surface area contributed by atoms with Crippen molar-refractivity contribution in [1.82, 2.24) is 0 Å². The molecule has 118 valence electrons. The summed E-state index contributed by atoms with van der Waals surface area (Å²) < 4.78 is 5.32. The van der Waals surface area contributed by atoms with Gasteiger partial charge in [-0.3, -0.25) is 9.59 Å². The van der Waals surface area contributed by atoms with E-state index in [1.54, 1.807) is 0 Å². The zero-order chi connectivity index (χ0) is 15.3. The van der Waals surface area contributed by atoms with Crippen molar-refractivity contribution in [2.75, 3.05) is 34.3 Å². The fourth-order valence-electron chi connectivity index (χ4n) is 1.19. The van der Waals surface area contributed by atoms with Gasteiger partial charge in [-0.25, -0.2) is 4.79 Å². The van der Waals surface area contributed by atoms with Gasteiger partial charge in [-0.15, -0.1) is 12.4 Å². The van der Waals surface area contributed by atoms with Gasteiger partial charge in [0.2, 0.25) is 0 Å². The lowest BCUT2D eigenvalue weighted by Crippen LogP contribution is -2.43. The zero-order valence-electron chi connectivity index (χ0n) is 11.7. The van der Waals surface area contributed by atoms with E-state index in [1.807, 2.05) is 21.1 Å². The van der Waals surface area contributed by atoms with Crippen LogP contribution in [0.15, 0.2) is 0 Å². The second-order valence-electron chi connectivity index (χ2n) is 5.32. The van der Waals surface area contributed by atoms with Gasteiger partial charge in [0.15, 0.2) is 5.60 Å². The molecule has 0 aliphatic rings. The number of carboxylic acid groups (broad SMARTS) is 2. The van der Waals surface area contributed by atoms with Crippen molar-refractivity contribution >= 4 is 30.3 Å². The van der Waals surface area contributed by atoms with Crippen LogP contribution in [0, 0.1) is 0 Å². The molecule has 0 aromatic heterocycles. The van der Waals surface area contributed by atoms with Crippen LogP contribution < -0.4 is 0 Å². The maximum absolute atomic E-state index is 11.4. The van der Waals surface area contributed by atoms with Crippen molar-refractivity contribution in [3.63, 3.8) is 0 Å². The number of esters is 1. The highest BCUT2D eigenvalue weighted by molar-refractivity contribution is 5.88. The Morgan fingerprint density at radius 2 is 1.60 bits per heavy atom. The van der Waals surface area contributed by atoms with Gasteiger partial charge >= 0.3 is 17.9 Å². The summed E-state index contributed by atoms with van der Waals surface area (Å²) in [6.07, 6.45) is -1.96. The fourth-order valence-corrected chi connectivity index (χ4v) is 1.19. The number of hydrogen-bond donors (Lipinski definition) is 3. The highest BCUT2D eigenvalue weighted by Crippen LogP contribution is 2.17. The Bertz CT molecular complexity index is 366. The van der Waals surface area contributed by atoms with Gasteiger partial charge in [-0.2, -0.15) is 0 Å². The standard InChI is InChI=1S/C11H19NO7.ClH/c1-12(2,3)4-5-19-9(15)7-11(18,10(16)17)6-8(13)14;/h18H,4-7H2,1-3H3,(H-,13,14,16,17);1H/p+1. The first-order valence-corrected chi connectivity index (χ1v) is 5.60. The SMILES string of the molecule is C[N+](C)(C)CCOC(=O)CC(O)(CC(=O)O)C(=O)O.Cl. The second-order valence-corrected chi connectivity index (χ2v) is 5.32. The highest BCUT2D eigenvalue weighted by Gasteiger charge is 2.41. The van der Waals surface area contributed by atoms with E-state index in [-0.39, 0.29) is 19.0 Å². The monoisotopic (exact) mass is 314 g/mol. The average Bonchev–Trinajstić information content (AvgIpc) is 2.12. The fraction of sp³-hybridized carbons (Fsp3) is 0.727. The Balaban J connectivity index is 0. The third-order valence-electron chi connectivity index (χ3n) is 2.30. The van der Waals surface area contributed by atoms with Gasteiger partial charge in [0.05, 0.1) is 34.0 Å². The molecule has 1 unspecified atom stereocenters. The summed E-state index contributed by atoms with van der Waals surface area (Å²) in [6.45, 7) is 0.571. The molecule has 0 aromatic carbocycles. The normalized spacial score (nSPS) is 13.8. The number of carbonyl (C=O) groups excluding carboxylic acids is 1. The number of hydrogen-bond acceptors (Lipinski definition) is 5. The molecule has 0 heterocycles. The molecule has 8 nitrogen and oxygen atoms in total. The predicted molar refractivity (Wildman–Crippen MR) is 70.6 cm³/mol. The van der Waals surface area contributed by atoms with Crippen LogP contribution in [0.4, 0.5) is 0 Å². The molecule has 0 saturated carbocycles. The molecule has 0 aromatic rings. The van der Waals surface area contributed by atoms with Crippen LogP contribution in [0.5, 0.6) is 0 Å². The van der Waals surface area contributed by atoms with Gasteiger partial charge in [-0.05, 0) is 0 Å². The maximum Gasteiger partial charge on any atom is 0.336 e. The maximum atomic E-state index is 11.4. The largest absolute Gasteiger partial charge is 0.481 e. The minimum atomic E-state index is -2.64. The van der Waals surface area contributed by atoms with Crippen LogP contribution in [0.3, 0.4) is 0 Å². The van der Waals surface area contributed by atoms with Gasteiger partial charge in [0.1, 0.15) is 13.2 Å². The molecule has 0 amide bonds. The minimum absolute atomic E-state index is 0. The summed E-state index contributed by atoms with van der Waals surface area (Å²) in [4.78, 5) is 32.7. The predicted octanol–water partition coefficient (Wildman–Crippen LogP) is -0.662. The first-order chi connectivity index (χ1) is 8.46.